The summed E-state index contributed by atoms with van der Waals surface area (Å²) in [6, 6.07) is 0. The van der Waals surface area contributed by atoms with Gasteiger partial charge in [-0.1, -0.05) is 6.42 Å². The first-order valence-electron chi connectivity index (χ1n) is 4.94. The Morgan fingerprint density at radius 2 is 2.47 bits per heavy atom. The van der Waals surface area contributed by atoms with E-state index in [4.69, 9.17) is 0 Å². The van der Waals surface area contributed by atoms with Crippen LogP contribution in [0.5, 0.6) is 0 Å². The zero-order valence-electron chi connectivity index (χ0n) is 8.47. The highest BCUT2D eigenvalue weighted by atomic mass is 32.1. The normalized spacial score (nSPS) is 18.3. The number of hydrogen-bond donors (Lipinski definition) is 1. The van der Waals surface area contributed by atoms with E-state index < -0.39 is 12.1 Å². The molecule has 1 heterocycles. The van der Waals surface area contributed by atoms with Crippen LogP contribution in [0.1, 0.15) is 40.9 Å². The van der Waals surface area contributed by atoms with E-state index in [2.05, 4.69) is 9.72 Å². The molecule has 0 bridgehead atoms. The predicted octanol–water partition coefficient (Wildman–Crippen LogP) is 1.76. The second-order valence-electron chi connectivity index (χ2n) is 3.70. The van der Waals surface area contributed by atoms with E-state index in [0.29, 0.717) is 10.9 Å². The van der Waals surface area contributed by atoms with Gasteiger partial charge in [-0.05, 0) is 18.8 Å². The average molecular weight is 227 g/mol. The number of hydrogen-bond acceptors (Lipinski definition) is 5. The number of carbonyl (C=O) groups excluding carboxylic acids is 1. The number of ether oxygens (including phenoxy) is 1. The van der Waals surface area contributed by atoms with Crippen LogP contribution < -0.4 is 0 Å². The molecule has 5 heteroatoms. The third-order valence-corrected chi connectivity index (χ3v) is 3.68. The summed E-state index contributed by atoms with van der Waals surface area (Å²) in [5, 5.41) is 12.2. The molecule has 0 radical (unpaired) electrons. The first kappa shape index (κ1) is 10.6. The maximum absolute atomic E-state index is 11.1. The molecule has 1 fully saturated rings. The van der Waals surface area contributed by atoms with Gasteiger partial charge < -0.3 is 9.84 Å². The van der Waals surface area contributed by atoms with E-state index in [1.165, 1.54) is 24.9 Å². The van der Waals surface area contributed by atoms with E-state index in [9.17, 15) is 9.90 Å². The number of nitrogens with zero attached hydrogens (tertiary/aromatic N) is 1. The molecule has 1 saturated carbocycles. The Morgan fingerprint density at radius 3 is 3.00 bits per heavy atom. The maximum Gasteiger partial charge on any atom is 0.357 e. The minimum absolute atomic E-state index is 0.288. The minimum Gasteiger partial charge on any atom is -0.464 e. The average Bonchev–Trinajstić information content (AvgIpc) is 2.62. The van der Waals surface area contributed by atoms with Gasteiger partial charge in [-0.2, -0.15) is 0 Å². The quantitative estimate of drug-likeness (QED) is 0.799. The Bertz CT molecular complexity index is 359. The van der Waals surface area contributed by atoms with Crippen molar-refractivity contribution in [3.05, 3.63) is 16.1 Å². The van der Waals surface area contributed by atoms with Gasteiger partial charge in [-0.15, -0.1) is 11.3 Å². The fraction of sp³-hybridized carbons (Fsp3) is 0.600. The lowest BCUT2D eigenvalue weighted by Crippen LogP contribution is -2.20. The lowest BCUT2D eigenvalue weighted by molar-refractivity contribution is 0.0575. The highest BCUT2D eigenvalue weighted by Gasteiger charge is 2.29. The first-order valence-corrected chi connectivity index (χ1v) is 5.82. The molecule has 15 heavy (non-hydrogen) atoms. The number of aliphatic hydroxyl groups excluding tert-OH is 1. The first-order chi connectivity index (χ1) is 7.22. The van der Waals surface area contributed by atoms with Gasteiger partial charge in [0.1, 0.15) is 11.1 Å². The summed E-state index contributed by atoms with van der Waals surface area (Å²) < 4.78 is 4.55. The summed E-state index contributed by atoms with van der Waals surface area (Å²) in [5.41, 5.74) is 0.288. The van der Waals surface area contributed by atoms with Gasteiger partial charge in [0.05, 0.1) is 7.11 Å². The van der Waals surface area contributed by atoms with Gasteiger partial charge in [0.2, 0.25) is 0 Å². The van der Waals surface area contributed by atoms with Crippen LogP contribution in [-0.4, -0.2) is 23.2 Å². The second-order valence-corrected chi connectivity index (χ2v) is 4.59. The van der Waals surface area contributed by atoms with Gasteiger partial charge in [0.25, 0.3) is 0 Å². The SMILES string of the molecule is COC(=O)c1csc(C(O)C2CCC2)n1. The topological polar surface area (TPSA) is 59.4 Å². The van der Waals surface area contributed by atoms with Crippen molar-refractivity contribution in [3.8, 4) is 0 Å². The molecule has 1 unspecified atom stereocenters. The molecule has 1 aromatic rings. The van der Waals surface area contributed by atoms with Crippen molar-refractivity contribution in [2.75, 3.05) is 7.11 Å². The Morgan fingerprint density at radius 1 is 1.73 bits per heavy atom. The lowest BCUT2D eigenvalue weighted by atomic mass is 9.81. The summed E-state index contributed by atoms with van der Waals surface area (Å²) in [4.78, 5) is 15.2. The van der Waals surface area contributed by atoms with Crippen LogP contribution in [0.4, 0.5) is 0 Å². The summed E-state index contributed by atoms with van der Waals surface area (Å²) in [5.74, 6) is -0.125. The molecule has 1 aliphatic rings. The molecule has 1 aromatic heterocycles. The van der Waals surface area contributed by atoms with Crippen LogP contribution >= 0.6 is 11.3 Å². The number of rotatable bonds is 3. The van der Waals surface area contributed by atoms with Crippen molar-refractivity contribution >= 4 is 17.3 Å². The number of aromatic nitrogens is 1. The van der Waals surface area contributed by atoms with Crippen LogP contribution in [0.2, 0.25) is 0 Å². The van der Waals surface area contributed by atoms with E-state index in [-0.39, 0.29) is 5.69 Å². The van der Waals surface area contributed by atoms with Crippen LogP contribution in [-0.2, 0) is 4.74 Å². The highest BCUT2D eigenvalue weighted by molar-refractivity contribution is 7.09. The van der Waals surface area contributed by atoms with Crippen LogP contribution in [0.15, 0.2) is 5.38 Å². The number of aliphatic hydroxyl groups is 1. The van der Waals surface area contributed by atoms with Crippen molar-refractivity contribution in [1.29, 1.82) is 0 Å². The van der Waals surface area contributed by atoms with Crippen LogP contribution in [0.25, 0.3) is 0 Å². The zero-order valence-corrected chi connectivity index (χ0v) is 9.29. The largest absolute Gasteiger partial charge is 0.464 e. The Balaban J connectivity index is 2.08. The number of carbonyl (C=O) groups is 1. The summed E-state index contributed by atoms with van der Waals surface area (Å²) in [6.07, 6.45) is 2.77. The van der Waals surface area contributed by atoms with Crippen molar-refractivity contribution in [2.24, 2.45) is 5.92 Å². The fourth-order valence-corrected chi connectivity index (χ4v) is 2.44. The standard InChI is InChI=1S/C10H13NO3S/c1-14-10(13)7-5-15-9(11-7)8(12)6-3-2-4-6/h5-6,8,12H,2-4H2,1H3. The minimum atomic E-state index is -0.512. The molecule has 0 amide bonds. The predicted molar refractivity (Wildman–Crippen MR) is 55.8 cm³/mol. The molecule has 1 aliphatic carbocycles. The smallest absolute Gasteiger partial charge is 0.357 e. The molecule has 2 rings (SSSR count). The Labute approximate surface area is 91.9 Å². The summed E-state index contributed by atoms with van der Waals surface area (Å²) in [7, 11) is 1.32. The molecular weight excluding hydrogens is 214 g/mol. The van der Waals surface area contributed by atoms with Crippen molar-refractivity contribution in [1.82, 2.24) is 4.98 Å². The second kappa shape index (κ2) is 4.28. The van der Waals surface area contributed by atoms with Crippen LogP contribution in [0, 0.1) is 5.92 Å². The lowest BCUT2D eigenvalue weighted by Gasteiger charge is -2.28. The van der Waals surface area contributed by atoms with E-state index in [1.807, 2.05) is 0 Å². The van der Waals surface area contributed by atoms with E-state index in [1.54, 1.807) is 5.38 Å². The number of thiazole rings is 1. The molecule has 0 aliphatic heterocycles. The molecule has 4 nitrogen and oxygen atoms in total. The van der Waals surface area contributed by atoms with Gasteiger partial charge in [0, 0.05) is 5.38 Å². The maximum atomic E-state index is 11.1. The fourth-order valence-electron chi connectivity index (χ4n) is 1.58. The van der Waals surface area contributed by atoms with Crippen LogP contribution in [0.3, 0.4) is 0 Å². The van der Waals surface area contributed by atoms with Crippen molar-refractivity contribution in [3.63, 3.8) is 0 Å². The Hall–Kier alpha value is -0.940. The molecule has 0 aromatic carbocycles. The number of methoxy groups -OCH3 is 1. The van der Waals surface area contributed by atoms with Gasteiger partial charge >= 0.3 is 5.97 Å². The molecular formula is C10H13NO3S. The Kier molecular flexibility index (Phi) is 3.02. The molecule has 0 saturated heterocycles. The van der Waals surface area contributed by atoms with Gasteiger partial charge in [-0.25, -0.2) is 9.78 Å². The van der Waals surface area contributed by atoms with Gasteiger partial charge in [-0.3, -0.25) is 0 Å². The summed E-state index contributed by atoms with van der Waals surface area (Å²) >= 11 is 1.32. The summed E-state index contributed by atoms with van der Waals surface area (Å²) in [6.45, 7) is 0. The van der Waals surface area contributed by atoms with Gasteiger partial charge in [0.15, 0.2) is 5.69 Å². The van der Waals surface area contributed by atoms with E-state index in [0.717, 1.165) is 12.8 Å². The molecule has 1 N–H and O–H groups in total. The van der Waals surface area contributed by atoms with Crippen molar-refractivity contribution in [2.45, 2.75) is 25.4 Å². The number of esters is 1. The van der Waals surface area contributed by atoms with E-state index >= 15 is 0 Å². The monoisotopic (exact) mass is 227 g/mol. The van der Waals surface area contributed by atoms with Crippen molar-refractivity contribution < 1.29 is 14.6 Å². The zero-order chi connectivity index (χ0) is 10.8. The highest BCUT2D eigenvalue weighted by Crippen LogP contribution is 2.38. The third-order valence-electron chi connectivity index (χ3n) is 2.77. The molecule has 1 atom stereocenters. The molecule has 0 spiro atoms. The third kappa shape index (κ3) is 2.03. The molecule has 82 valence electrons.